The van der Waals surface area contributed by atoms with Crippen LogP contribution in [0, 0.1) is 0 Å². The van der Waals surface area contributed by atoms with Crippen LogP contribution in [0.2, 0.25) is 0 Å². The molecule has 0 aliphatic rings. The van der Waals surface area contributed by atoms with Gasteiger partial charge in [0, 0.05) is 16.3 Å². The summed E-state index contributed by atoms with van der Waals surface area (Å²) in [7, 11) is 0. The van der Waals surface area contributed by atoms with Gasteiger partial charge in [-0.1, -0.05) is 25.6 Å². The lowest BCUT2D eigenvalue weighted by Gasteiger charge is -2.10. The zero-order valence-electron chi connectivity index (χ0n) is 12.0. The first-order valence-electron chi connectivity index (χ1n) is 6.79. The molecule has 0 fully saturated rings. The second kappa shape index (κ2) is 7.04. The summed E-state index contributed by atoms with van der Waals surface area (Å²) < 4.78 is 0. The fourth-order valence-electron chi connectivity index (χ4n) is 1.73. The molecule has 2 heterocycles. The molecule has 6 heteroatoms. The molecule has 2 aromatic rings. The number of hydrogen-bond donors (Lipinski definition) is 1. The minimum absolute atomic E-state index is 0.0575. The van der Waals surface area contributed by atoms with Crippen molar-refractivity contribution in [3.05, 3.63) is 17.3 Å². The van der Waals surface area contributed by atoms with Gasteiger partial charge in [-0.15, -0.1) is 11.3 Å². The molecule has 0 unspecified atom stereocenters. The van der Waals surface area contributed by atoms with Crippen molar-refractivity contribution in [3.63, 3.8) is 0 Å². The van der Waals surface area contributed by atoms with Crippen LogP contribution in [0.15, 0.2) is 17.4 Å². The zero-order valence-corrected chi connectivity index (χ0v) is 13.6. The molecule has 4 nitrogen and oxygen atoms in total. The van der Waals surface area contributed by atoms with E-state index in [0.29, 0.717) is 5.75 Å². The molecule has 0 spiro atoms. The number of thiophene rings is 1. The Morgan fingerprint density at radius 1 is 1.45 bits per heavy atom. The summed E-state index contributed by atoms with van der Waals surface area (Å²) in [5.74, 6) is 0.454. The van der Waals surface area contributed by atoms with E-state index < -0.39 is 0 Å². The highest BCUT2D eigenvalue weighted by Crippen LogP contribution is 2.30. The van der Waals surface area contributed by atoms with E-state index in [1.165, 1.54) is 16.6 Å². The minimum atomic E-state index is 0.0575. The molecule has 1 N–H and O–H groups in total. The van der Waals surface area contributed by atoms with E-state index >= 15 is 0 Å². The monoisotopic (exact) mass is 309 g/mol. The van der Waals surface area contributed by atoms with Crippen molar-refractivity contribution in [1.82, 2.24) is 15.3 Å². The first-order chi connectivity index (χ1) is 9.63. The van der Waals surface area contributed by atoms with E-state index in [1.54, 1.807) is 17.7 Å². The molecular weight excluding hydrogens is 290 g/mol. The summed E-state index contributed by atoms with van der Waals surface area (Å²) in [6, 6.07) is 2.36. The molecule has 1 atom stereocenters. The van der Waals surface area contributed by atoms with Crippen molar-refractivity contribution in [2.75, 3.05) is 5.75 Å². The number of hydrogen-bond acceptors (Lipinski definition) is 5. The smallest absolute Gasteiger partial charge is 0.230 e. The summed E-state index contributed by atoms with van der Waals surface area (Å²) in [5.41, 5.74) is 0. The Bertz CT molecular complexity index is 597. The van der Waals surface area contributed by atoms with Crippen molar-refractivity contribution in [1.29, 1.82) is 0 Å². The third-order valence-electron chi connectivity index (χ3n) is 3.05. The van der Waals surface area contributed by atoms with E-state index in [-0.39, 0.29) is 11.9 Å². The predicted molar refractivity (Wildman–Crippen MR) is 85.4 cm³/mol. The Kier molecular flexibility index (Phi) is 5.37. The normalized spacial score (nSPS) is 12.6. The maximum absolute atomic E-state index is 11.8. The molecular formula is C14H19N3OS2. The van der Waals surface area contributed by atoms with Gasteiger partial charge >= 0.3 is 0 Å². The Balaban J connectivity index is 2.06. The second-order valence-electron chi connectivity index (χ2n) is 4.63. The molecule has 1 amide bonds. The lowest BCUT2D eigenvalue weighted by atomic mass is 10.3. The molecule has 2 aromatic heterocycles. The number of thioether (sulfide) groups is 1. The highest BCUT2D eigenvalue weighted by atomic mass is 32.2. The third-order valence-corrected chi connectivity index (χ3v) is 5.24. The summed E-state index contributed by atoms with van der Waals surface area (Å²) in [6.07, 6.45) is 3.52. The SMILES string of the molecule is CCc1cc2c(SCC(=O)N[C@@H](C)CC)ncnc2s1. The number of amides is 1. The average molecular weight is 309 g/mol. The quantitative estimate of drug-likeness (QED) is 0.657. The van der Waals surface area contributed by atoms with Crippen LogP contribution in [0.3, 0.4) is 0 Å². The van der Waals surface area contributed by atoms with E-state index in [2.05, 4.69) is 35.2 Å². The van der Waals surface area contributed by atoms with Gasteiger partial charge in [0.05, 0.1) is 5.75 Å². The predicted octanol–water partition coefficient (Wildman–Crippen LogP) is 3.26. The van der Waals surface area contributed by atoms with Crippen LogP contribution in [0.4, 0.5) is 0 Å². The lowest BCUT2D eigenvalue weighted by molar-refractivity contribution is -0.119. The molecule has 0 aliphatic carbocycles. The van der Waals surface area contributed by atoms with Gasteiger partial charge in [0.25, 0.3) is 0 Å². The molecule has 0 saturated carbocycles. The highest BCUT2D eigenvalue weighted by molar-refractivity contribution is 8.00. The van der Waals surface area contributed by atoms with Gasteiger partial charge < -0.3 is 5.32 Å². The van der Waals surface area contributed by atoms with Crippen LogP contribution in [-0.2, 0) is 11.2 Å². The molecule has 0 bridgehead atoms. The molecule has 2 rings (SSSR count). The van der Waals surface area contributed by atoms with Gasteiger partial charge in [-0.3, -0.25) is 4.79 Å². The zero-order chi connectivity index (χ0) is 14.5. The van der Waals surface area contributed by atoms with E-state index in [4.69, 9.17) is 0 Å². The largest absolute Gasteiger partial charge is 0.353 e. The third kappa shape index (κ3) is 3.70. The fourth-order valence-corrected chi connectivity index (χ4v) is 3.51. The standard InChI is InChI=1S/C14H19N3OS2/c1-4-9(3)17-12(18)7-19-13-11-6-10(5-2)20-14(11)16-8-15-13/h6,8-9H,4-5,7H2,1-3H3,(H,17,18)/t9-/m0/s1. The molecule has 20 heavy (non-hydrogen) atoms. The summed E-state index contributed by atoms with van der Waals surface area (Å²) >= 11 is 3.17. The molecule has 108 valence electrons. The minimum Gasteiger partial charge on any atom is -0.353 e. The van der Waals surface area contributed by atoms with Gasteiger partial charge in [-0.25, -0.2) is 9.97 Å². The van der Waals surface area contributed by atoms with Crippen molar-refractivity contribution < 1.29 is 4.79 Å². The number of carbonyl (C=O) groups is 1. The van der Waals surface area contributed by atoms with E-state index in [0.717, 1.165) is 28.1 Å². The number of aryl methyl sites for hydroxylation is 1. The summed E-state index contributed by atoms with van der Waals surface area (Å²) in [6.45, 7) is 6.20. The molecule has 0 saturated heterocycles. The Hall–Kier alpha value is -1.14. The molecule has 0 radical (unpaired) electrons. The van der Waals surface area contributed by atoms with E-state index in [1.807, 2.05) is 6.92 Å². The van der Waals surface area contributed by atoms with Crippen molar-refractivity contribution >= 4 is 39.2 Å². The van der Waals surface area contributed by atoms with Crippen LogP contribution >= 0.6 is 23.1 Å². The van der Waals surface area contributed by atoms with Crippen molar-refractivity contribution in [2.45, 2.75) is 44.7 Å². The Labute approximate surface area is 127 Å². The first kappa shape index (κ1) is 15.3. The number of nitrogens with one attached hydrogen (secondary N) is 1. The topological polar surface area (TPSA) is 54.9 Å². The number of rotatable bonds is 6. The van der Waals surface area contributed by atoms with E-state index in [9.17, 15) is 4.79 Å². The molecule has 0 aromatic carbocycles. The fraction of sp³-hybridized carbons (Fsp3) is 0.500. The van der Waals surface area contributed by atoms with Crippen LogP contribution < -0.4 is 5.32 Å². The second-order valence-corrected chi connectivity index (χ2v) is 6.71. The maximum atomic E-state index is 11.8. The Morgan fingerprint density at radius 3 is 2.95 bits per heavy atom. The average Bonchev–Trinajstić information content (AvgIpc) is 2.88. The highest BCUT2D eigenvalue weighted by Gasteiger charge is 2.11. The van der Waals surface area contributed by atoms with Gasteiger partial charge in [-0.05, 0) is 25.8 Å². The van der Waals surface area contributed by atoms with Crippen LogP contribution in [0.5, 0.6) is 0 Å². The van der Waals surface area contributed by atoms with Gasteiger partial charge in [0.15, 0.2) is 0 Å². The van der Waals surface area contributed by atoms with Gasteiger partial charge in [0.2, 0.25) is 5.91 Å². The van der Waals surface area contributed by atoms with Crippen LogP contribution in [0.25, 0.3) is 10.2 Å². The van der Waals surface area contributed by atoms with Crippen molar-refractivity contribution in [2.24, 2.45) is 0 Å². The summed E-state index contributed by atoms with van der Waals surface area (Å²) in [4.78, 5) is 22.7. The molecule has 0 aliphatic heterocycles. The number of carbonyl (C=O) groups excluding carboxylic acids is 1. The number of fused-ring (bicyclic) bond motifs is 1. The van der Waals surface area contributed by atoms with Crippen molar-refractivity contribution in [3.8, 4) is 0 Å². The number of aromatic nitrogens is 2. The van der Waals surface area contributed by atoms with Crippen LogP contribution in [0.1, 0.15) is 32.1 Å². The van der Waals surface area contributed by atoms with Crippen LogP contribution in [-0.4, -0.2) is 27.7 Å². The van der Waals surface area contributed by atoms with Gasteiger partial charge in [-0.2, -0.15) is 0 Å². The first-order valence-corrected chi connectivity index (χ1v) is 8.59. The lowest BCUT2D eigenvalue weighted by Crippen LogP contribution is -2.33. The number of nitrogens with zero attached hydrogens (tertiary/aromatic N) is 2. The summed E-state index contributed by atoms with van der Waals surface area (Å²) in [5, 5.41) is 4.92. The van der Waals surface area contributed by atoms with Gasteiger partial charge in [0.1, 0.15) is 16.2 Å². The Morgan fingerprint density at radius 2 is 2.25 bits per heavy atom. The maximum Gasteiger partial charge on any atom is 0.230 e.